The Labute approximate surface area is 131 Å². The lowest BCUT2D eigenvalue weighted by Gasteiger charge is -2.26. The maximum Gasteiger partial charge on any atom is 0.270 e. The lowest BCUT2D eigenvalue weighted by Crippen LogP contribution is -2.37. The van der Waals surface area contributed by atoms with Crippen molar-refractivity contribution in [2.24, 2.45) is 11.7 Å². The van der Waals surface area contributed by atoms with E-state index in [9.17, 15) is 4.79 Å². The number of hydrogen-bond acceptors (Lipinski definition) is 4. The van der Waals surface area contributed by atoms with Crippen LogP contribution in [-0.4, -0.2) is 16.9 Å². The lowest BCUT2D eigenvalue weighted by atomic mass is 9.87. The molecule has 0 aliphatic heterocycles. The van der Waals surface area contributed by atoms with Gasteiger partial charge in [-0.3, -0.25) is 4.79 Å². The van der Waals surface area contributed by atoms with Crippen LogP contribution in [0.4, 0.5) is 0 Å². The number of aromatic nitrogens is 1. The highest BCUT2D eigenvalue weighted by atomic mass is 32.1. The SMILES string of the molecule is CCCCC(N)c1nc(C(=O)NC2CCC(C)CC2)cs1. The van der Waals surface area contributed by atoms with Crippen LogP contribution in [0.1, 0.15) is 80.3 Å². The molecule has 0 bridgehead atoms. The molecule has 1 aromatic rings. The summed E-state index contributed by atoms with van der Waals surface area (Å²) < 4.78 is 0. The van der Waals surface area contributed by atoms with Gasteiger partial charge in [-0.2, -0.15) is 0 Å². The second-order valence-corrected chi connectivity index (χ2v) is 7.14. The van der Waals surface area contributed by atoms with Gasteiger partial charge in [0.05, 0.1) is 6.04 Å². The Morgan fingerprint density at radius 1 is 1.48 bits per heavy atom. The van der Waals surface area contributed by atoms with E-state index >= 15 is 0 Å². The quantitative estimate of drug-likeness (QED) is 0.843. The molecule has 0 spiro atoms. The second-order valence-electron chi connectivity index (χ2n) is 6.25. The number of nitrogens with one attached hydrogen (secondary N) is 1. The van der Waals surface area contributed by atoms with E-state index in [0.29, 0.717) is 11.7 Å². The monoisotopic (exact) mass is 309 g/mol. The molecule has 1 saturated carbocycles. The Morgan fingerprint density at radius 3 is 2.86 bits per heavy atom. The molecule has 1 fully saturated rings. The number of amides is 1. The molecule has 1 aliphatic rings. The van der Waals surface area contributed by atoms with Gasteiger partial charge in [-0.1, -0.05) is 26.7 Å². The average molecular weight is 309 g/mol. The largest absolute Gasteiger partial charge is 0.348 e. The highest BCUT2D eigenvalue weighted by Gasteiger charge is 2.22. The summed E-state index contributed by atoms with van der Waals surface area (Å²) in [7, 11) is 0. The molecule has 1 atom stereocenters. The fourth-order valence-corrected chi connectivity index (χ4v) is 3.61. The van der Waals surface area contributed by atoms with Gasteiger partial charge >= 0.3 is 0 Å². The summed E-state index contributed by atoms with van der Waals surface area (Å²) in [5.41, 5.74) is 6.64. The lowest BCUT2D eigenvalue weighted by molar-refractivity contribution is 0.0918. The fourth-order valence-electron chi connectivity index (χ4n) is 2.77. The molecule has 1 heterocycles. The Balaban J connectivity index is 1.86. The van der Waals surface area contributed by atoms with E-state index in [-0.39, 0.29) is 11.9 Å². The second kappa shape index (κ2) is 7.90. The van der Waals surface area contributed by atoms with E-state index < -0.39 is 0 Å². The standard InChI is InChI=1S/C16H27N3OS/c1-3-4-5-13(17)16-19-14(10-21-16)15(20)18-12-8-6-11(2)7-9-12/h10-13H,3-9,17H2,1-2H3,(H,18,20). The van der Waals surface area contributed by atoms with E-state index in [1.165, 1.54) is 24.2 Å². The van der Waals surface area contributed by atoms with Gasteiger partial charge < -0.3 is 11.1 Å². The van der Waals surface area contributed by atoms with Crippen LogP contribution in [0.3, 0.4) is 0 Å². The number of carbonyl (C=O) groups excluding carboxylic acids is 1. The fraction of sp³-hybridized carbons (Fsp3) is 0.750. The van der Waals surface area contributed by atoms with Gasteiger partial charge in [-0.15, -0.1) is 11.3 Å². The smallest absolute Gasteiger partial charge is 0.270 e. The van der Waals surface area contributed by atoms with Crippen LogP contribution in [0, 0.1) is 5.92 Å². The maximum absolute atomic E-state index is 12.2. The number of nitrogens with two attached hydrogens (primary N) is 1. The minimum atomic E-state index is -0.0419. The van der Waals surface area contributed by atoms with E-state index in [4.69, 9.17) is 5.73 Å². The van der Waals surface area contributed by atoms with Crippen molar-refractivity contribution in [1.29, 1.82) is 0 Å². The van der Waals surface area contributed by atoms with Gasteiger partial charge in [-0.25, -0.2) is 4.98 Å². The average Bonchev–Trinajstić information content (AvgIpc) is 2.97. The van der Waals surface area contributed by atoms with Crippen LogP contribution in [0.2, 0.25) is 0 Å². The third kappa shape index (κ3) is 4.78. The minimum Gasteiger partial charge on any atom is -0.348 e. The first-order chi connectivity index (χ1) is 10.1. The van der Waals surface area contributed by atoms with Gasteiger partial charge in [-0.05, 0) is 38.0 Å². The highest BCUT2D eigenvalue weighted by Crippen LogP contribution is 2.24. The van der Waals surface area contributed by atoms with Crippen molar-refractivity contribution in [3.63, 3.8) is 0 Å². The Morgan fingerprint density at radius 2 is 2.19 bits per heavy atom. The first-order valence-electron chi connectivity index (χ1n) is 8.12. The highest BCUT2D eigenvalue weighted by molar-refractivity contribution is 7.09. The molecule has 2 rings (SSSR count). The summed E-state index contributed by atoms with van der Waals surface area (Å²) in [6.07, 6.45) is 7.74. The molecule has 21 heavy (non-hydrogen) atoms. The van der Waals surface area contributed by atoms with E-state index in [1.807, 2.05) is 5.38 Å². The van der Waals surface area contributed by atoms with Crippen molar-refractivity contribution in [3.05, 3.63) is 16.1 Å². The number of thiazole rings is 1. The van der Waals surface area contributed by atoms with Crippen LogP contribution in [0.15, 0.2) is 5.38 Å². The summed E-state index contributed by atoms with van der Waals surface area (Å²) in [6.45, 7) is 4.43. The summed E-state index contributed by atoms with van der Waals surface area (Å²) in [5, 5.41) is 5.83. The molecule has 118 valence electrons. The number of hydrogen-bond donors (Lipinski definition) is 2. The van der Waals surface area contributed by atoms with Gasteiger partial charge in [0.1, 0.15) is 10.7 Å². The first-order valence-corrected chi connectivity index (χ1v) is 9.00. The molecule has 1 aromatic heterocycles. The molecule has 1 aliphatic carbocycles. The summed E-state index contributed by atoms with van der Waals surface area (Å²) >= 11 is 1.50. The summed E-state index contributed by atoms with van der Waals surface area (Å²) in [4.78, 5) is 16.7. The first kappa shape index (κ1) is 16.4. The predicted molar refractivity (Wildman–Crippen MR) is 87.5 cm³/mol. The maximum atomic E-state index is 12.2. The molecule has 1 unspecified atom stereocenters. The zero-order chi connectivity index (χ0) is 15.2. The molecule has 0 aromatic carbocycles. The van der Waals surface area contributed by atoms with Crippen LogP contribution in [-0.2, 0) is 0 Å². The van der Waals surface area contributed by atoms with Crippen LogP contribution in [0.5, 0.6) is 0 Å². The molecular formula is C16H27N3OS. The zero-order valence-electron chi connectivity index (χ0n) is 13.1. The van der Waals surface area contributed by atoms with Crippen molar-refractivity contribution in [2.45, 2.75) is 70.9 Å². The molecular weight excluding hydrogens is 282 g/mol. The molecule has 3 N–H and O–H groups in total. The van der Waals surface area contributed by atoms with Gasteiger partial charge in [0.2, 0.25) is 0 Å². The van der Waals surface area contributed by atoms with Crippen molar-refractivity contribution >= 4 is 17.2 Å². The third-order valence-electron chi connectivity index (χ3n) is 4.29. The Kier molecular flexibility index (Phi) is 6.18. The summed E-state index contributed by atoms with van der Waals surface area (Å²) in [5.74, 6) is 0.750. The van der Waals surface area contributed by atoms with E-state index in [2.05, 4.69) is 24.1 Å². The minimum absolute atomic E-state index is 0.0352. The molecule has 1 amide bonds. The van der Waals surface area contributed by atoms with Gasteiger partial charge in [0.25, 0.3) is 5.91 Å². The third-order valence-corrected chi connectivity index (χ3v) is 5.27. The van der Waals surface area contributed by atoms with E-state index in [1.54, 1.807) is 0 Å². The predicted octanol–water partition coefficient (Wildman–Crippen LogP) is 3.64. The molecule has 0 radical (unpaired) electrons. The Bertz CT molecular complexity index is 452. The topological polar surface area (TPSA) is 68.0 Å². The van der Waals surface area contributed by atoms with Crippen molar-refractivity contribution in [3.8, 4) is 0 Å². The van der Waals surface area contributed by atoms with Crippen molar-refractivity contribution < 1.29 is 4.79 Å². The number of rotatable bonds is 6. The van der Waals surface area contributed by atoms with Crippen LogP contribution < -0.4 is 11.1 Å². The molecule has 5 heteroatoms. The van der Waals surface area contributed by atoms with Crippen LogP contribution >= 0.6 is 11.3 Å². The van der Waals surface area contributed by atoms with Crippen molar-refractivity contribution in [1.82, 2.24) is 10.3 Å². The zero-order valence-corrected chi connectivity index (χ0v) is 13.9. The molecule has 0 saturated heterocycles. The van der Waals surface area contributed by atoms with Crippen molar-refractivity contribution in [2.75, 3.05) is 0 Å². The van der Waals surface area contributed by atoms with Crippen LogP contribution in [0.25, 0.3) is 0 Å². The summed E-state index contributed by atoms with van der Waals surface area (Å²) in [6, 6.07) is 0.277. The number of carbonyl (C=O) groups is 1. The normalized spacial score (nSPS) is 23.8. The van der Waals surface area contributed by atoms with Gasteiger partial charge in [0.15, 0.2) is 0 Å². The number of unbranched alkanes of at least 4 members (excludes halogenated alkanes) is 1. The number of nitrogens with zero attached hydrogens (tertiary/aromatic N) is 1. The molecule has 4 nitrogen and oxygen atoms in total. The van der Waals surface area contributed by atoms with Gasteiger partial charge in [0, 0.05) is 11.4 Å². The van der Waals surface area contributed by atoms with E-state index in [0.717, 1.165) is 43.0 Å². The Hall–Kier alpha value is -0.940.